The Morgan fingerprint density at radius 1 is 1.48 bits per heavy atom. The van der Waals surface area contributed by atoms with Crippen LogP contribution in [-0.4, -0.2) is 57.7 Å². The second-order valence-electron chi connectivity index (χ2n) is 5.62. The van der Waals surface area contributed by atoms with Crippen LogP contribution in [-0.2, 0) is 14.8 Å². The van der Waals surface area contributed by atoms with Gasteiger partial charge in [0.05, 0.1) is 12.6 Å². The monoisotopic (exact) mass is 342 g/mol. The van der Waals surface area contributed by atoms with Crippen LogP contribution in [0.15, 0.2) is 23.2 Å². The molecular formula is C14H22N4O4S. The lowest BCUT2D eigenvalue weighted by Gasteiger charge is -2.18. The number of nitrogens with one attached hydrogen (secondary N) is 2. The van der Waals surface area contributed by atoms with Crippen LogP contribution >= 0.6 is 0 Å². The van der Waals surface area contributed by atoms with Crippen molar-refractivity contribution in [2.45, 2.75) is 24.0 Å². The summed E-state index contributed by atoms with van der Waals surface area (Å²) in [7, 11) is -0.621. The van der Waals surface area contributed by atoms with Crippen molar-refractivity contribution in [2.24, 2.45) is 5.92 Å². The van der Waals surface area contributed by atoms with E-state index in [9.17, 15) is 18.3 Å². The Kier molecular flexibility index (Phi) is 5.55. The molecule has 0 aromatic carbocycles. The summed E-state index contributed by atoms with van der Waals surface area (Å²) in [5.41, 5.74) is 0. The fraction of sp³-hybridized carbons (Fsp3) is 0.571. The van der Waals surface area contributed by atoms with E-state index in [1.54, 1.807) is 24.1 Å². The summed E-state index contributed by atoms with van der Waals surface area (Å²) in [5.74, 6) is 0.364. The predicted molar refractivity (Wildman–Crippen MR) is 85.5 cm³/mol. The number of pyridine rings is 1. The van der Waals surface area contributed by atoms with Gasteiger partial charge in [-0.05, 0) is 30.9 Å². The molecule has 1 unspecified atom stereocenters. The molecule has 0 bridgehead atoms. The third-order valence-electron chi connectivity index (χ3n) is 3.68. The quantitative estimate of drug-likeness (QED) is 0.577. The molecule has 0 spiro atoms. The molecule has 1 aliphatic rings. The SMILES string of the molecule is CNC(=O)CN(C)c1cccc(S(=O)(=O)NCC(O)C2CC2)n1. The average Bonchev–Trinajstić information content (AvgIpc) is 3.37. The lowest BCUT2D eigenvalue weighted by atomic mass is 10.2. The summed E-state index contributed by atoms with van der Waals surface area (Å²) < 4.78 is 26.9. The van der Waals surface area contributed by atoms with E-state index in [0.717, 1.165) is 12.8 Å². The highest BCUT2D eigenvalue weighted by atomic mass is 32.2. The third kappa shape index (κ3) is 4.88. The smallest absolute Gasteiger partial charge is 0.258 e. The molecule has 1 aromatic heterocycles. The van der Waals surface area contributed by atoms with Crippen LogP contribution in [0, 0.1) is 5.92 Å². The van der Waals surface area contributed by atoms with Gasteiger partial charge in [0.1, 0.15) is 5.82 Å². The fourth-order valence-electron chi connectivity index (χ4n) is 2.06. The standard InChI is InChI=1S/C14H22N4O4S/c1-15-13(20)9-18(2)12-4-3-5-14(17-12)23(21,22)16-8-11(19)10-6-7-10/h3-5,10-11,16,19H,6-9H2,1-2H3,(H,15,20). The number of amides is 1. The van der Waals surface area contributed by atoms with Crippen molar-refractivity contribution in [1.82, 2.24) is 15.0 Å². The number of rotatable bonds is 8. The lowest BCUT2D eigenvalue weighted by molar-refractivity contribution is -0.119. The van der Waals surface area contributed by atoms with Crippen LogP contribution in [0.3, 0.4) is 0 Å². The number of aliphatic hydroxyl groups excluding tert-OH is 1. The van der Waals surface area contributed by atoms with Gasteiger partial charge in [0.25, 0.3) is 10.0 Å². The number of aromatic nitrogens is 1. The maximum Gasteiger partial charge on any atom is 0.258 e. The predicted octanol–water partition coefficient (Wildman–Crippen LogP) is -0.687. The van der Waals surface area contributed by atoms with Gasteiger partial charge in [-0.1, -0.05) is 6.07 Å². The molecule has 1 fully saturated rings. The number of hydrogen-bond acceptors (Lipinski definition) is 6. The Hall–Kier alpha value is -1.71. The minimum atomic E-state index is -3.80. The highest BCUT2D eigenvalue weighted by Crippen LogP contribution is 2.32. The Balaban J connectivity index is 2.06. The second-order valence-corrected chi connectivity index (χ2v) is 7.33. The summed E-state index contributed by atoms with van der Waals surface area (Å²) in [6.45, 7) is 0.0494. The van der Waals surface area contributed by atoms with Gasteiger partial charge in [-0.2, -0.15) is 0 Å². The molecule has 8 nitrogen and oxygen atoms in total. The van der Waals surface area contributed by atoms with Crippen LogP contribution in [0.5, 0.6) is 0 Å². The van der Waals surface area contributed by atoms with Crippen molar-refractivity contribution in [3.8, 4) is 0 Å². The first kappa shape index (κ1) is 17.6. The number of hydrogen-bond donors (Lipinski definition) is 3. The van der Waals surface area contributed by atoms with Crippen molar-refractivity contribution in [2.75, 3.05) is 32.1 Å². The van der Waals surface area contributed by atoms with E-state index in [1.807, 2.05) is 0 Å². The van der Waals surface area contributed by atoms with E-state index in [1.165, 1.54) is 13.1 Å². The number of sulfonamides is 1. The van der Waals surface area contributed by atoms with Gasteiger partial charge in [0.15, 0.2) is 5.03 Å². The zero-order valence-corrected chi connectivity index (χ0v) is 14.0. The fourth-order valence-corrected chi connectivity index (χ4v) is 3.07. The molecule has 1 aromatic rings. The molecule has 128 valence electrons. The Morgan fingerprint density at radius 2 is 2.17 bits per heavy atom. The van der Waals surface area contributed by atoms with E-state index in [2.05, 4.69) is 15.0 Å². The Bertz CT molecular complexity index is 660. The lowest BCUT2D eigenvalue weighted by Crippen LogP contribution is -2.35. The van der Waals surface area contributed by atoms with Gasteiger partial charge in [-0.15, -0.1) is 0 Å². The van der Waals surface area contributed by atoms with Crippen LogP contribution in [0.25, 0.3) is 0 Å². The number of likely N-dealkylation sites (N-methyl/N-ethyl adjacent to an activating group) is 2. The minimum absolute atomic E-state index is 0.0208. The molecular weight excluding hydrogens is 320 g/mol. The third-order valence-corrected chi connectivity index (χ3v) is 5.01. The first-order valence-corrected chi connectivity index (χ1v) is 8.88. The number of aliphatic hydroxyl groups is 1. The summed E-state index contributed by atoms with van der Waals surface area (Å²) in [6, 6.07) is 4.57. The molecule has 0 saturated heterocycles. The molecule has 23 heavy (non-hydrogen) atoms. The zero-order chi connectivity index (χ0) is 17.0. The molecule has 9 heteroatoms. The number of anilines is 1. The largest absolute Gasteiger partial charge is 0.391 e. The van der Waals surface area contributed by atoms with Crippen LogP contribution in [0.4, 0.5) is 5.82 Å². The van der Waals surface area contributed by atoms with E-state index in [4.69, 9.17) is 0 Å². The van der Waals surface area contributed by atoms with Gasteiger partial charge >= 0.3 is 0 Å². The molecule has 1 saturated carbocycles. The van der Waals surface area contributed by atoms with Gasteiger partial charge in [-0.3, -0.25) is 4.79 Å². The highest BCUT2D eigenvalue weighted by molar-refractivity contribution is 7.89. The number of carbonyl (C=O) groups is 1. The highest BCUT2D eigenvalue weighted by Gasteiger charge is 2.30. The van der Waals surface area contributed by atoms with E-state index in [-0.39, 0.29) is 29.9 Å². The topological polar surface area (TPSA) is 112 Å². The van der Waals surface area contributed by atoms with Crippen LogP contribution in [0.1, 0.15) is 12.8 Å². The van der Waals surface area contributed by atoms with Crippen molar-refractivity contribution < 1.29 is 18.3 Å². The summed E-state index contributed by atoms with van der Waals surface area (Å²) in [4.78, 5) is 17.0. The van der Waals surface area contributed by atoms with Gasteiger partial charge in [0, 0.05) is 20.6 Å². The van der Waals surface area contributed by atoms with E-state index < -0.39 is 16.1 Å². The second kappa shape index (κ2) is 7.24. The summed E-state index contributed by atoms with van der Waals surface area (Å²) in [6.07, 6.45) is 1.20. The zero-order valence-electron chi connectivity index (χ0n) is 13.2. The van der Waals surface area contributed by atoms with Crippen molar-refractivity contribution in [3.63, 3.8) is 0 Å². The van der Waals surface area contributed by atoms with Crippen LogP contribution < -0.4 is 14.9 Å². The molecule has 0 radical (unpaired) electrons. The van der Waals surface area contributed by atoms with Crippen molar-refractivity contribution in [1.29, 1.82) is 0 Å². The van der Waals surface area contributed by atoms with Gasteiger partial charge < -0.3 is 15.3 Å². The Morgan fingerprint density at radius 3 is 2.78 bits per heavy atom. The maximum absolute atomic E-state index is 12.3. The molecule has 3 N–H and O–H groups in total. The Labute approximate surface area is 136 Å². The average molecular weight is 342 g/mol. The maximum atomic E-state index is 12.3. The number of nitrogens with zero attached hydrogens (tertiary/aromatic N) is 2. The van der Waals surface area contributed by atoms with Crippen LogP contribution in [0.2, 0.25) is 0 Å². The van der Waals surface area contributed by atoms with E-state index >= 15 is 0 Å². The molecule has 1 atom stereocenters. The normalized spacial score (nSPS) is 16.0. The first-order chi connectivity index (χ1) is 10.8. The number of carbonyl (C=O) groups excluding carboxylic acids is 1. The van der Waals surface area contributed by atoms with Crippen molar-refractivity contribution >= 4 is 21.7 Å². The summed E-state index contributed by atoms with van der Waals surface area (Å²) in [5, 5.41) is 12.1. The van der Waals surface area contributed by atoms with Gasteiger partial charge in [-0.25, -0.2) is 18.1 Å². The molecule has 1 heterocycles. The van der Waals surface area contributed by atoms with Crippen molar-refractivity contribution in [3.05, 3.63) is 18.2 Å². The summed E-state index contributed by atoms with van der Waals surface area (Å²) >= 11 is 0. The first-order valence-electron chi connectivity index (χ1n) is 7.40. The molecule has 1 aliphatic carbocycles. The molecule has 0 aliphatic heterocycles. The van der Waals surface area contributed by atoms with E-state index in [0.29, 0.717) is 5.82 Å². The molecule has 1 amide bonds. The van der Waals surface area contributed by atoms with Gasteiger partial charge in [0.2, 0.25) is 5.91 Å². The minimum Gasteiger partial charge on any atom is -0.391 e. The molecule has 2 rings (SSSR count).